The molecule has 2 aromatic heterocycles. The Morgan fingerprint density at radius 2 is 1.63 bits per heavy atom. The maximum absolute atomic E-state index is 13.4. The first kappa shape index (κ1) is 26.9. The van der Waals surface area contributed by atoms with Crippen LogP contribution in [0.25, 0.3) is 32.2 Å². The second kappa shape index (κ2) is 10.9. The highest BCUT2D eigenvalue weighted by Crippen LogP contribution is 2.46. The van der Waals surface area contributed by atoms with E-state index in [4.69, 9.17) is 24.2 Å². The Kier molecular flexibility index (Phi) is 7.17. The number of para-hydroxylation sites is 1. The molecule has 0 unspecified atom stereocenters. The fraction of sp³-hybridized carbons (Fsp3) is 0.273. The number of hydrogen-bond acceptors (Lipinski definition) is 8. The van der Waals surface area contributed by atoms with E-state index in [9.17, 15) is 9.59 Å². The number of rotatable bonds is 8. The smallest absolute Gasteiger partial charge is 0.324 e. The van der Waals surface area contributed by atoms with Crippen molar-refractivity contribution in [3.63, 3.8) is 0 Å². The summed E-state index contributed by atoms with van der Waals surface area (Å²) >= 11 is 1.64. The molecule has 5 aromatic rings. The number of nitrogens with zero attached hydrogens (tertiary/aromatic N) is 2. The molecule has 3 aromatic carbocycles. The number of hydrogen-bond donors (Lipinski definition) is 0. The number of esters is 2. The summed E-state index contributed by atoms with van der Waals surface area (Å²) in [5.41, 5.74) is 3.51. The van der Waals surface area contributed by atoms with Gasteiger partial charge in [-0.05, 0) is 66.4 Å². The van der Waals surface area contributed by atoms with Crippen LogP contribution in [0, 0.1) is 5.41 Å². The van der Waals surface area contributed by atoms with E-state index in [1.54, 1.807) is 32.3 Å². The molecule has 41 heavy (non-hydrogen) atoms. The molecule has 2 heterocycles. The Morgan fingerprint density at radius 1 is 0.902 bits per heavy atom. The number of fused-ring (bicyclic) bond motifs is 3. The Labute approximate surface area is 242 Å². The average molecular weight is 567 g/mol. The molecule has 7 nitrogen and oxygen atoms in total. The zero-order chi connectivity index (χ0) is 28.6. The summed E-state index contributed by atoms with van der Waals surface area (Å²) in [5.74, 6) is -0.475. The predicted molar refractivity (Wildman–Crippen MR) is 159 cm³/mol. The Bertz CT molecular complexity index is 1740. The second-order valence-corrected chi connectivity index (χ2v) is 11.2. The largest absolute Gasteiger partial charge is 0.496 e. The predicted octanol–water partition coefficient (Wildman–Crippen LogP) is 6.32. The fourth-order valence-corrected chi connectivity index (χ4v) is 6.74. The topological polar surface area (TPSA) is 87.6 Å². The third kappa shape index (κ3) is 4.72. The van der Waals surface area contributed by atoms with E-state index >= 15 is 0 Å². The van der Waals surface area contributed by atoms with Crippen molar-refractivity contribution in [2.24, 2.45) is 5.41 Å². The van der Waals surface area contributed by atoms with Crippen molar-refractivity contribution in [3.8, 4) is 17.0 Å². The molecule has 0 saturated heterocycles. The number of pyridine rings is 1. The molecule has 0 amide bonds. The van der Waals surface area contributed by atoms with Gasteiger partial charge in [-0.2, -0.15) is 0 Å². The number of carbonyl (C=O) groups is 2. The standard InChI is InChI=1S/C33H30N2O5S/c1-4-39-31(36)33(32(37)40-5-2)18-21-16-22(17-28-35-25-12-8-9-13-27(25)41-28)34-30(24(21)19-33)29-23-11-7-6-10-20(23)14-15-26(29)38-3/h6-16H,4-5,17-19H2,1-3H3. The Balaban J connectivity index is 1.56. The van der Waals surface area contributed by atoms with E-state index in [0.717, 1.165) is 48.4 Å². The number of carbonyl (C=O) groups excluding carboxylic acids is 2. The van der Waals surface area contributed by atoms with E-state index in [0.29, 0.717) is 17.9 Å². The maximum atomic E-state index is 13.4. The van der Waals surface area contributed by atoms with Crippen LogP contribution >= 0.6 is 11.3 Å². The highest BCUT2D eigenvalue weighted by molar-refractivity contribution is 7.18. The maximum Gasteiger partial charge on any atom is 0.324 e. The van der Waals surface area contributed by atoms with Crippen LogP contribution in [-0.4, -0.2) is 42.2 Å². The van der Waals surface area contributed by atoms with Gasteiger partial charge in [0, 0.05) is 18.5 Å². The van der Waals surface area contributed by atoms with Gasteiger partial charge in [-0.15, -0.1) is 11.3 Å². The van der Waals surface area contributed by atoms with Gasteiger partial charge in [0.05, 0.1) is 46.8 Å². The van der Waals surface area contributed by atoms with Crippen molar-refractivity contribution < 1.29 is 23.8 Å². The van der Waals surface area contributed by atoms with Gasteiger partial charge in [0.2, 0.25) is 0 Å². The summed E-state index contributed by atoms with van der Waals surface area (Å²) in [6, 6.07) is 22.1. The minimum atomic E-state index is -1.48. The molecule has 208 valence electrons. The number of methoxy groups -OCH3 is 1. The zero-order valence-electron chi connectivity index (χ0n) is 23.2. The Hall–Kier alpha value is -4.30. The number of benzene rings is 3. The third-order valence-electron chi connectivity index (χ3n) is 7.59. The van der Waals surface area contributed by atoms with E-state index in [2.05, 4.69) is 6.07 Å². The molecule has 0 radical (unpaired) electrons. The van der Waals surface area contributed by atoms with E-state index in [-0.39, 0.29) is 26.1 Å². The van der Waals surface area contributed by atoms with Gasteiger partial charge in [-0.25, -0.2) is 4.98 Å². The monoisotopic (exact) mass is 566 g/mol. The molecule has 8 heteroatoms. The number of thiazole rings is 1. The number of ether oxygens (including phenoxy) is 3. The zero-order valence-corrected chi connectivity index (χ0v) is 24.0. The van der Waals surface area contributed by atoms with Crippen LogP contribution in [-0.2, 0) is 38.3 Å². The summed E-state index contributed by atoms with van der Waals surface area (Å²) in [6.45, 7) is 3.81. The average Bonchev–Trinajstić information content (AvgIpc) is 3.58. The lowest BCUT2D eigenvalue weighted by Crippen LogP contribution is -2.43. The molecule has 0 atom stereocenters. The van der Waals surface area contributed by atoms with Crippen LogP contribution < -0.4 is 4.74 Å². The summed E-state index contributed by atoms with van der Waals surface area (Å²) in [4.78, 5) is 36.9. The molecular weight excluding hydrogens is 536 g/mol. The van der Waals surface area contributed by atoms with Crippen LogP contribution in [0.1, 0.15) is 35.7 Å². The molecule has 0 saturated carbocycles. The normalized spacial score (nSPS) is 13.7. The van der Waals surface area contributed by atoms with Crippen LogP contribution in [0.15, 0.2) is 66.7 Å². The molecule has 1 aliphatic rings. The minimum absolute atomic E-state index is 0.135. The molecule has 0 spiro atoms. The molecule has 0 N–H and O–H groups in total. The quantitative estimate of drug-likeness (QED) is 0.160. The van der Waals surface area contributed by atoms with Crippen molar-refractivity contribution in [2.45, 2.75) is 33.1 Å². The van der Waals surface area contributed by atoms with Gasteiger partial charge >= 0.3 is 11.9 Å². The van der Waals surface area contributed by atoms with E-state index < -0.39 is 17.4 Å². The van der Waals surface area contributed by atoms with Gasteiger partial charge in [-0.1, -0.05) is 42.5 Å². The second-order valence-electron chi connectivity index (χ2n) is 10.1. The van der Waals surface area contributed by atoms with Crippen LogP contribution in [0.4, 0.5) is 0 Å². The first-order valence-corrected chi connectivity index (χ1v) is 14.6. The lowest BCUT2D eigenvalue weighted by molar-refractivity contribution is -0.171. The van der Waals surface area contributed by atoms with E-state index in [1.807, 2.05) is 60.7 Å². The molecular formula is C33H30N2O5S. The van der Waals surface area contributed by atoms with Crippen molar-refractivity contribution in [2.75, 3.05) is 20.3 Å². The van der Waals surface area contributed by atoms with Crippen LogP contribution in [0.5, 0.6) is 5.75 Å². The first-order valence-electron chi connectivity index (χ1n) is 13.7. The van der Waals surface area contributed by atoms with Crippen LogP contribution in [0.2, 0.25) is 0 Å². The molecule has 0 aliphatic heterocycles. The highest BCUT2D eigenvalue weighted by Gasteiger charge is 2.54. The number of aromatic nitrogens is 2. The van der Waals surface area contributed by atoms with Crippen LogP contribution in [0.3, 0.4) is 0 Å². The van der Waals surface area contributed by atoms with E-state index in [1.165, 1.54) is 0 Å². The van der Waals surface area contributed by atoms with Crippen molar-refractivity contribution in [3.05, 3.63) is 88.6 Å². The summed E-state index contributed by atoms with van der Waals surface area (Å²) in [6.07, 6.45) is 0.824. The third-order valence-corrected chi connectivity index (χ3v) is 8.63. The molecule has 1 aliphatic carbocycles. The molecule has 0 fully saturated rings. The van der Waals surface area contributed by atoms with Crippen molar-refractivity contribution in [1.29, 1.82) is 0 Å². The van der Waals surface area contributed by atoms with Gasteiger partial charge in [-0.3, -0.25) is 14.6 Å². The fourth-order valence-electron chi connectivity index (χ4n) is 5.75. The molecule has 0 bridgehead atoms. The summed E-state index contributed by atoms with van der Waals surface area (Å²) in [5, 5.41) is 2.95. The van der Waals surface area contributed by atoms with Gasteiger partial charge < -0.3 is 14.2 Å². The summed E-state index contributed by atoms with van der Waals surface area (Å²) in [7, 11) is 1.64. The minimum Gasteiger partial charge on any atom is -0.496 e. The highest BCUT2D eigenvalue weighted by atomic mass is 32.1. The Morgan fingerprint density at radius 3 is 2.37 bits per heavy atom. The van der Waals surface area contributed by atoms with Crippen molar-refractivity contribution >= 4 is 44.3 Å². The lowest BCUT2D eigenvalue weighted by Gasteiger charge is -2.24. The van der Waals surface area contributed by atoms with Crippen molar-refractivity contribution in [1.82, 2.24) is 9.97 Å². The SMILES string of the molecule is CCOC(=O)C1(C(=O)OCC)Cc2cc(Cc3nc4ccccc4s3)nc(-c3c(OC)ccc4ccccc34)c2C1. The van der Waals surface area contributed by atoms with Gasteiger partial charge in [0.15, 0.2) is 5.41 Å². The van der Waals surface area contributed by atoms with Gasteiger partial charge in [0.1, 0.15) is 5.75 Å². The van der Waals surface area contributed by atoms with Gasteiger partial charge in [0.25, 0.3) is 0 Å². The summed E-state index contributed by atoms with van der Waals surface area (Å²) < 4.78 is 17.9. The molecule has 6 rings (SSSR count). The lowest BCUT2D eigenvalue weighted by atomic mass is 9.84. The first-order chi connectivity index (χ1) is 20.0.